The predicted molar refractivity (Wildman–Crippen MR) is 157 cm³/mol. The van der Waals surface area contributed by atoms with Crippen molar-refractivity contribution in [3.05, 3.63) is 50.6 Å². The molecule has 0 fully saturated rings. The van der Waals surface area contributed by atoms with Gasteiger partial charge in [0.15, 0.2) is 0 Å². The zero-order valence-electron chi connectivity index (χ0n) is 25.3. The van der Waals surface area contributed by atoms with E-state index in [1.165, 1.54) is 11.8 Å². The Kier molecular flexibility index (Phi) is 18.3. The summed E-state index contributed by atoms with van der Waals surface area (Å²) in [5, 5.41) is 21.8. The van der Waals surface area contributed by atoms with Crippen molar-refractivity contribution in [3.8, 4) is 0 Å². The van der Waals surface area contributed by atoms with Crippen molar-refractivity contribution in [2.45, 2.75) is 25.8 Å². The van der Waals surface area contributed by atoms with E-state index in [2.05, 4.69) is 31.6 Å². The van der Waals surface area contributed by atoms with Gasteiger partial charge in [-0.25, -0.2) is 24.0 Å². The molecule has 0 spiro atoms. The lowest BCUT2D eigenvalue weighted by atomic mass is 9.88. The molecule has 0 aliphatic heterocycles. The Morgan fingerprint density at radius 2 is 1.00 bits per heavy atom. The summed E-state index contributed by atoms with van der Waals surface area (Å²) in [7, 11) is 0. The fourth-order valence-electron chi connectivity index (χ4n) is 3.42. The van der Waals surface area contributed by atoms with E-state index in [-0.39, 0.29) is 45.8 Å². The van der Waals surface area contributed by atoms with Crippen molar-refractivity contribution in [3.63, 3.8) is 0 Å². The van der Waals surface area contributed by atoms with Crippen LogP contribution in [-0.2, 0) is 42.9 Å². The molecule has 0 unspecified atom stereocenters. The fourth-order valence-corrected chi connectivity index (χ4v) is 3.42. The molecule has 0 bridgehead atoms. The zero-order valence-corrected chi connectivity index (χ0v) is 25.3. The molecule has 246 valence electrons. The number of urea groups is 1. The second-order valence-corrected chi connectivity index (χ2v) is 10.0. The first-order valence-corrected chi connectivity index (χ1v) is 13.4. The number of hydrogen-bond donors (Lipinski definition) is 3. The van der Waals surface area contributed by atoms with E-state index in [4.69, 9.17) is 18.9 Å². The van der Waals surface area contributed by atoms with Crippen LogP contribution in [0.2, 0.25) is 0 Å². The van der Waals surface area contributed by atoms with Crippen molar-refractivity contribution >= 4 is 35.8 Å². The summed E-state index contributed by atoms with van der Waals surface area (Å²) in [6.07, 6.45) is 3.43. The van der Waals surface area contributed by atoms with Crippen molar-refractivity contribution in [2.75, 3.05) is 65.8 Å². The Labute approximate surface area is 256 Å². The van der Waals surface area contributed by atoms with Crippen LogP contribution in [0.5, 0.6) is 0 Å². The summed E-state index contributed by atoms with van der Waals surface area (Å²) in [5.74, 6) is -3.58. The molecule has 0 atom stereocenters. The van der Waals surface area contributed by atoms with E-state index < -0.39 is 73.2 Å². The Hall–Kier alpha value is -4.50. The summed E-state index contributed by atoms with van der Waals surface area (Å²) in [6.45, 7) is 13.4. The lowest BCUT2D eigenvalue weighted by molar-refractivity contribution is -0.152. The quantitative estimate of drug-likeness (QED) is 0.0820. The van der Waals surface area contributed by atoms with Crippen molar-refractivity contribution in [1.29, 1.82) is 0 Å². The number of nitrogens with zero attached hydrogens (tertiary/aromatic N) is 2. The van der Waals surface area contributed by atoms with E-state index in [0.29, 0.717) is 0 Å². The number of ether oxygens (including phenoxy) is 4. The van der Waals surface area contributed by atoms with Gasteiger partial charge in [-0.05, 0) is 6.92 Å². The van der Waals surface area contributed by atoms with Gasteiger partial charge >= 0.3 is 29.9 Å². The second-order valence-electron chi connectivity index (χ2n) is 10.0. The SMILES string of the molecule is C=CC(=O)OCC(C)(COC(=O)C=C)CC(=O)N(CCO)CCN(CCO)C(=O)NC(C)(COC(=O)C=C)COC(=O)C=C. The van der Waals surface area contributed by atoms with E-state index in [1.807, 2.05) is 0 Å². The number of esters is 4. The van der Waals surface area contributed by atoms with Crippen LogP contribution in [0.15, 0.2) is 50.6 Å². The molecule has 0 saturated heterocycles. The molecule has 0 aliphatic rings. The molecule has 0 rings (SSSR count). The maximum atomic E-state index is 13.3. The maximum Gasteiger partial charge on any atom is 0.330 e. The third-order valence-corrected chi connectivity index (χ3v) is 5.86. The minimum absolute atomic E-state index is 0.102. The summed E-state index contributed by atoms with van der Waals surface area (Å²) >= 11 is 0. The first-order chi connectivity index (χ1) is 20.7. The molecule has 0 radical (unpaired) electrons. The highest BCUT2D eigenvalue weighted by Crippen LogP contribution is 2.24. The van der Waals surface area contributed by atoms with Crippen LogP contribution in [0.25, 0.3) is 0 Å². The van der Waals surface area contributed by atoms with E-state index >= 15 is 0 Å². The van der Waals surface area contributed by atoms with E-state index in [1.54, 1.807) is 6.92 Å². The average molecular weight is 626 g/mol. The van der Waals surface area contributed by atoms with E-state index in [9.17, 15) is 39.0 Å². The first kappa shape index (κ1) is 39.5. The van der Waals surface area contributed by atoms with Crippen LogP contribution in [0.4, 0.5) is 4.79 Å². The van der Waals surface area contributed by atoms with Crippen LogP contribution in [0.3, 0.4) is 0 Å². The Balaban J connectivity index is 5.78. The van der Waals surface area contributed by atoms with Gasteiger partial charge in [0, 0.05) is 62.3 Å². The molecular weight excluding hydrogens is 582 g/mol. The molecule has 0 heterocycles. The summed E-state index contributed by atoms with van der Waals surface area (Å²) in [4.78, 5) is 75.5. The molecule has 0 aromatic rings. The van der Waals surface area contributed by atoms with Gasteiger partial charge in [-0.2, -0.15) is 0 Å². The Morgan fingerprint density at radius 3 is 1.39 bits per heavy atom. The number of carbonyl (C=O) groups excluding carboxylic acids is 6. The van der Waals surface area contributed by atoms with Crippen LogP contribution in [0, 0.1) is 5.41 Å². The minimum atomic E-state index is -1.41. The monoisotopic (exact) mass is 625 g/mol. The highest BCUT2D eigenvalue weighted by molar-refractivity contribution is 5.83. The molecule has 3 amide bonds. The largest absolute Gasteiger partial charge is 0.462 e. The maximum absolute atomic E-state index is 13.3. The zero-order chi connectivity index (χ0) is 33.8. The van der Waals surface area contributed by atoms with E-state index in [0.717, 1.165) is 29.2 Å². The normalized spacial score (nSPS) is 10.8. The average Bonchev–Trinajstić information content (AvgIpc) is 3.01. The van der Waals surface area contributed by atoms with Gasteiger partial charge in [0.2, 0.25) is 5.91 Å². The minimum Gasteiger partial charge on any atom is -0.462 e. The third kappa shape index (κ3) is 15.7. The van der Waals surface area contributed by atoms with Gasteiger partial charge < -0.3 is 44.3 Å². The molecule has 0 aromatic carbocycles. The number of carbonyl (C=O) groups is 6. The topological polar surface area (TPSA) is 198 Å². The van der Waals surface area contributed by atoms with Gasteiger partial charge in [0.25, 0.3) is 0 Å². The van der Waals surface area contributed by atoms with Gasteiger partial charge in [-0.3, -0.25) is 4.79 Å². The molecule has 0 aromatic heterocycles. The third-order valence-electron chi connectivity index (χ3n) is 5.86. The molecule has 15 heteroatoms. The highest BCUT2D eigenvalue weighted by atomic mass is 16.6. The fraction of sp³-hybridized carbons (Fsp3) is 0.517. The molecule has 0 saturated carbocycles. The lowest BCUT2D eigenvalue weighted by Crippen LogP contribution is -2.58. The van der Waals surface area contributed by atoms with Gasteiger partial charge in [-0.15, -0.1) is 0 Å². The van der Waals surface area contributed by atoms with Crippen molar-refractivity contribution < 1.29 is 57.9 Å². The van der Waals surface area contributed by atoms with Crippen LogP contribution in [-0.4, -0.2) is 127 Å². The molecule has 44 heavy (non-hydrogen) atoms. The molecule has 0 aliphatic carbocycles. The smallest absolute Gasteiger partial charge is 0.330 e. The molecule has 3 N–H and O–H groups in total. The van der Waals surface area contributed by atoms with Crippen molar-refractivity contribution in [2.24, 2.45) is 5.41 Å². The number of amides is 3. The second kappa shape index (κ2) is 20.4. The predicted octanol–water partition coefficient (Wildman–Crippen LogP) is -0.117. The summed E-state index contributed by atoms with van der Waals surface area (Å²) < 4.78 is 20.3. The Bertz CT molecular complexity index is 928. The van der Waals surface area contributed by atoms with Crippen LogP contribution < -0.4 is 5.32 Å². The van der Waals surface area contributed by atoms with Gasteiger partial charge in [-0.1, -0.05) is 33.2 Å². The number of hydrogen-bond acceptors (Lipinski definition) is 12. The summed E-state index contributed by atoms with van der Waals surface area (Å²) in [5.41, 5.74) is -2.58. The number of rotatable bonds is 22. The number of nitrogens with one attached hydrogen (secondary N) is 1. The molecular formula is C29H43N3O12. The van der Waals surface area contributed by atoms with Crippen molar-refractivity contribution in [1.82, 2.24) is 15.1 Å². The Morgan fingerprint density at radius 1 is 0.636 bits per heavy atom. The highest BCUT2D eigenvalue weighted by Gasteiger charge is 2.34. The van der Waals surface area contributed by atoms with Gasteiger partial charge in [0.05, 0.1) is 13.2 Å². The first-order valence-electron chi connectivity index (χ1n) is 13.4. The van der Waals surface area contributed by atoms with Crippen LogP contribution in [0.1, 0.15) is 20.3 Å². The van der Waals surface area contributed by atoms with Gasteiger partial charge in [0.1, 0.15) is 32.0 Å². The molecule has 15 nitrogen and oxygen atoms in total. The number of aliphatic hydroxyl groups is 2. The lowest BCUT2D eigenvalue weighted by Gasteiger charge is -2.34. The number of aliphatic hydroxyl groups excluding tert-OH is 2. The summed E-state index contributed by atoms with van der Waals surface area (Å²) in [6, 6.07) is -0.750. The standard InChI is InChI=1S/C29H43N3O12/c1-7-23(36)41-18-28(5,19-42-24(37)8-2)17-22(35)31(13-15-33)11-12-32(14-16-34)27(40)30-29(6,20-43-25(38)9-3)21-44-26(39)10-4/h7-10,33-34H,1-4,11-21H2,5-6H3,(H,30,40). The van der Waals surface area contributed by atoms with Crippen LogP contribution >= 0.6 is 0 Å².